The first-order chi connectivity index (χ1) is 9.86. The molecule has 1 saturated heterocycles. The largest absolute Gasteiger partial charge is 0.394 e. The van der Waals surface area contributed by atoms with Crippen LogP contribution in [0.2, 0.25) is 0 Å². The molecular weight excluding hydrogens is 283 g/mol. The second kappa shape index (κ2) is 4.48. The highest BCUT2D eigenvalue weighted by molar-refractivity contribution is 5.82. The number of hydrogen-bond donors (Lipinski definition) is 4. The fourth-order valence-corrected chi connectivity index (χ4v) is 2.49. The van der Waals surface area contributed by atoms with Crippen molar-refractivity contribution in [3.8, 4) is 0 Å². The summed E-state index contributed by atoms with van der Waals surface area (Å²) < 4.78 is 21.4. The van der Waals surface area contributed by atoms with Crippen molar-refractivity contribution in [2.75, 3.05) is 18.1 Å². The number of nitrogens with zero attached hydrogens (tertiary/aromatic N) is 4. The summed E-state index contributed by atoms with van der Waals surface area (Å²) in [7, 11) is 0. The minimum atomic E-state index is -2.14. The Kier molecular flexibility index (Phi) is 2.97. The van der Waals surface area contributed by atoms with E-state index in [1.54, 1.807) is 0 Å². The lowest BCUT2D eigenvalue weighted by atomic mass is 9.98. The van der Waals surface area contributed by atoms with Crippen molar-refractivity contribution in [1.29, 1.82) is 0 Å². The summed E-state index contributed by atoms with van der Waals surface area (Å²) in [6, 6.07) is 0. The predicted octanol–water partition coefficient (Wildman–Crippen LogP) is -1.03. The average Bonchev–Trinajstić information content (AvgIpc) is 2.91. The van der Waals surface area contributed by atoms with Gasteiger partial charge in [-0.2, -0.15) is 9.97 Å². The Balaban J connectivity index is 2.13. The van der Waals surface area contributed by atoms with E-state index in [2.05, 4.69) is 15.0 Å². The van der Waals surface area contributed by atoms with E-state index in [4.69, 9.17) is 21.3 Å². The molecular formula is C11H15FN6O3. The SMILES string of the molecule is C[C@@]1(F)[C@H](O)[C@@H](CO)O[C@H]1n1cnc2c(N)nc(N)nc21. The molecule has 1 aliphatic rings. The maximum Gasteiger partial charge on any atom is 0.224 e. The number of anilines is 2. The lowest BCUT2D eigenvalue weighted by Crippen LogP contribution is -2.40. The van der Waals surface area contributed by atoms with Gasteiger partial charge in [-0.15, -0.1) is 0 Å². The van der Waals surface area contributed by atoms with E-state index in [0.717, 1.165) is 0 Å². The van der Waals surface area contributed by atoms with Crippen molar-refractivity contribution >= 4 is 22.9 Å². The Morgan fingerprint density at radius 3 is 2.81 bits per heavy atom. The van der Waals surface area contributed by atoms with Crippen LogP contribution in [-0.2, 0) is 4.74 Å². The predicted molar refractivity (Wildman–Crippen MR) is 70.7 cm³/mol. The summed E-state index contributed by atoms with van der Waals surface area (Å²) in [5.41, 5.74) is 9.52. The molecule has 0 radical (unpaired) electrons. The van der Waals surface area contributed by atoms with E-state index in [0.29, 0.717) is 0 Å². The lowest BCUT2D eigenvalue weighted by Gasteiger charge is -2.24. The van der Waals surface area contributed by atoms with Gasteiger partial charge in [-0.3, -0.25) is 4.57 Å². The fourth-order valence-electron chi connectivity index (χ4n) is 2.49. The van der Waals surface area contributed by atoms with Gasteiger partial charge in [0.05, 0.1) is 12.9 Å². The number of halogens is 1. The normalized spacial score (nSPS) is 32.9. The van der Waals surface area contributed by atoms with Crippen LogP contribution in [0.1, 0.15) is 13.2 Å². The molecule has 4 atom stereocenters. The van der Waals surface area contributed by atoms with Crippen LogP contribution >= 0.6 is 0 Å². The summed E-state index contributed by atoms with van der Waals surface area (Å²) in [4.78, 5) is 11.8. The molecule has 0 saturated carbocycles. The second-order valence-corrected chi connectivity index (χ2v) is 5.10. The number of imidazole rings is 1. The third kappa shape index (κ3) is 1.91. The summed E-state index contributed by atoms with van der Waals surface area (Å²) in [6.45, 7) is 0.667. The number of nitrogens with two attached hydrogens (primary N) is 2. The van der Waals surface area contributed by atoms with Crippen LogP contribution in [-0.4, -0.2) is 54.2 Å². The molecule has 21 heavy (non-hydrogen) atoms. The number of aromatic nitrogens is 4. The summed E-state index contributed by atoms with van der Waals surface area (Å²) in [5.74, 6) is -0.0198. The average molecular weight is 298 g/mol. The first-order valence-corrected chi connectivity index (χ1v) is 6.25. The van der Waals surface area contributed by atoms with Crippen molar-refractivity contribution in [2.45, 2.75) is 31.0 Å². The summed E-state index contributed by atoms with van der Waals surface area (Å²) in [5, 5.41) is 19.0. The van der Waals surface area contributed by atoms with Crippen LogP contribution in [0, 0.1) is 0 Å². The van der Waals surface area contributed by atoms with E-state index >= 15 is 0 Å². The van der Waals surface area contributed by atoms with Crippen LogP contribution in [0.3, 0.4) is 0 Å². The molecule has 2 aromatic rings. The molecule has 3 rings (SSSR count). The molecule has 0 bridgehead atoms. The quantitative estimate of drug-likeness (QED) is 0.550. The number of aliphatic hydroxyl groups excluding tert-OH is 2. The maximum atomic E-state index is 14.8. The van der Waals surface area contributed by atoms with Crippen molar-refractivity contribution < 1.29 is 19.3 Å². The molecule has 0 spiro atoms. The van der Waals surface area contributed by atoms with Gasteiger partial charge in [0.1, 0.15) is 17.7 Å². The first-order valence-electron chi connectivity index (χ1n) is 6.25. The smallest absolute Gasteiger partial charge is 0.224 e. The number of aliphatic hydroxyl groups is 2. The van der Waals surface area contributed by atoms with E-state index in [9.17, 15) is 9.50 Å². The van der Waals surface area contributed by atoms with Crippen molar-refractivity contribution in [3.63, 3.8) is 0 Å². The summed E-state index contributed by atoms with van der Waals surface area (Å²) in [6.07, 6.45) is -2.46. The lowest BCUT2D eigenvalue weighted by molar-refractivity contribution is -0.0566. The Morgan fingerprint density at radius 2 is 2.19 bits per heavy atom. The zero-order chi connectivity index (χ0) is 15.4. The van der Waals surface area contributed by atoms with E-state index < -0.39 is 30.7 Å². The number of fused-ring (bicyclic) bond motifs is 1. The highest BCUT2D eigenvalue weighted by atomic mass is 19.1. The highest BCUT2D eigenvalue weighted by Crippen LogP contribution is 2.42. The molecule has 10 heteroatoms. The Morgan fingerprint density at radius 1 is 1.48 bits per heavy atom. The van der Waals surface area contributed by atoms with Crippen LogP contribution in [0.25, 0.3) is 11.2 Å². The van der Waals surface area contributed by atoms with Gasteiger partial charge in [0.2, 0.25) is 5.95 Å². The number of alkyl halides is 1. The minimum Gasteiger partial charge on any atom is -0.394 e. The van der Waals surface area contributed by atoms with Gasteiger partial charge < -0.3 is 26.4 Å². The van der Waals surface area contributed by atoms with Crippen molar-refractivity contribution in [2.24, 2.45) is 0 Å². The molecule has 9 nitrogen and oxygen atoms in total. The van der Waals surface area contributed by atoms with Gasteiger partial charge in [-0.1, -0.05) is 0 Å². The van der Waals surface area contributed by atoms with Crippen LogP contribution in [0.5, 0.6) is 0 Å². The van der Waals surface area contributed by atoms with E-state index in [1.807, 2.05) is 0 Å². The number of ether oxygens (including phenoxy) is 1. The zero-order valence-electron chi connectivity index (χ0n) is 11.1. The maximum absolute atomic E-state index is 14.8. The zero-order valence-corrected chi connectivity index (χ0v) is 11.1. The van der Waals surface area contributed by atoms with Crippen LogP contribution < -0.4 is 11.5 Å². The third-order valence-corrected chi connectivity index (χ3v) is 3.62. The van der Waals surface area contributed by atoms with Crippen molar-refractivity contribution in [3.05, 3.63) is 6.33 Å². The Labute approximate surface area is 118 Å². The van der Waals surface area contributed by atoms with Crippen LogP contribution in [0.15, 0.2) is 6.33 Å². The molecule has 2 aromatic heterocycles. The molecule has 0 amide bonds. The van der Waals surface area contributed by atoms with Gasteiger partial charge in [0.15, 0.2) is 23.4 Å². The molecule has 1 fully saturated rings. The monoisotopic (exact) mass is 298 g/mol. The van der Waals surface area contributed by atoms with Crippen molar-refractivity contribution in [1.82, 2.24) is 19.5 Å². The van der Waals surface area contributed by atoms with Gasteiger partial charge in [-0.25, -0.2) is 9.37 Å². The topological polar surface area (TPSA) is 145 Å². The van der Waals surface area contributed by atoms with Gasteiger partial charge >= 0.3 is 0 Å². The Hall–Kier alpha value is -2.04. The van der Waals surface area contributed by atoms with Gasteiger partial charge in [0.25, 0.3) is 0 Å². The number of hydrogen-bond acceptors (Lipinski definition) is 8. The standard InChI is InChI=1S/C11H15FN6O3/c1-11(12)6(20)4(2-19)21-9(11)18-3-15-5-7(13)16-10(14)17-8(5)18/h3-4,6,9,19-20H,2H2,1H3,(H4,13,14,16,17)/t4-,6-,9-,11-/m1/s1. The Bertz CT molecular complexity index is 690. The summed E-state index contributed by atoms with van der Waals surface area (Å²) >= 11 is 0. The van der Waals surface area contributed by atoms with E-state index in [-0.39, 0.29) is 22.9 Å². The van der Waals surface area contributed by atoms with Gasteiger partial charge in [0, 0.05) is 0 Å². The molecule has 6 N–H and O–H groups in total. The molecule has 0 aromatic carbocycles. The number of nitrogen functional groups attached to an aromatic ring is 2. The van der Waals surface area contributed by atoms with E-state index in [1.165, 1.54) is 17.8 Å². The minimum absolute atomic E-state index is 0.0639. The molecule has 0 unspecified atom stereocenters. The molecule has 3 heterocycles. The molecule has 0 aliphatic carbocycles. The number of rotatable bonds is 2. The molecule has 1 aliphatic heterocycles. The van der Waals surface area contributed by atoms with Crippen LogP contribution in [0.4, 0.5) is 16.2 Å². The first kappa shape index (κ1) is 13.9. The fraction of sp³-hybridized carbons (Fsp3) is 0.545. The third-order valence-electron chi connectivity index (χ3n) is 3.62. The van der Waals surface area contributed by atoms with Gasteiger partial charge in [-0.05, 0) is 6.92 Å². The highest BCUT2D eigenvalue weighted by Gasteiger charge is 2.55. The molecule has 114 valence electrons. The second-order valence-electron chi connectivity index (χ2n) is 5.10.